The van der Waals surface area contributed by atoms with E-state index in [1.165, 1.54) is 24.3 Å². The van der Waals surface area contributed by atoms with Crippen molar-refractivity contribution in [3.8, 4) is 0 Å². The molecule has 2 aromatic rings. The van der Waals surface area contributed by atoms with E-state index in [9.17, 15) is 18.0 Å². The predicted molar refractivity (Wildman–Crippen MR) is 121 cm³/mol. The summed E-state index contributed by atoms with van der Waals surface area (Å²) >= 11 is 0. The fraction of sp³-hybridized carbons (Fsp3) is 0.391. The molecule has 3 rings (SSSR count). The Morgan fingerprint density at radius 1 is 0.903 bits per heavy atom. The molecule has 2 amide bonds. The quantitative estimate of drug-likeness (QED) is 0.606. The highest BCUT2D eigenvalue weighted by Crippen LogP contribution is 2.23. The van der Waals surface area contributed by atoms with Gasteiger partial charge in [0.15, 0.2) is 0 Å². The third kappa shape index (κ3) is 6.30. The molecule has 0 heterocycles. The molecule has 7 nitrogen and oxygen atoms in total. The van der Waals surface area contributed by atoms with Gasteiger partial charge in [-0.15, -0.1) is 0 Å². The van der Waals surface area contributed by atoms with Crippen molar-refractivity contribution in [1.29, 1.82) is 0 Å². The zero-order valence-corrected chi connectivity index (χ0v) is 18.7. The zero-order chi connectivity index (χ0) is 22.4. The summed E-state index contributed by atoms with van der Waals surface area (Å²) in [7, 11) is -3.74. The Morgan fingerprint density at radius 3 is 2.19 bits per heavy atom. The normalized spacial score (nSPS) is 14.6. The van der Waals surface area contributed by atoms with E-state index in [1.54, 1.807) is 12.1 Å². The van der Waals surface area contributed by atoms with Gasteiger partial charge in [0, 0.05) is 17.3 Å². The molecule has 0 spiro atoms. The van der Waals surface area contributed by atoms with Crippen LogP contribution in [0.2, 0.25) is 0 Å². The van der Waals surface area contributed by atoms with Crippen molar-refractivity contribution in [2.24, 2.45) is 5.92 Å². The molecular formula is C23H29N3O4S. The van der Waals surface area contributed by atoms with Gasteiger partial charge < -0.3 is 10.6 Å². The first-order valence-corrected chi connectivity index (χ1v) is 12.0. The first kappa shape index (κ1) is 22.8. The maximum atomic E-state index is 12.6. The summed E-state index contributed by atoms with van der Waals surface area (Å²) in [6.45, 7) is 3.77. The van der Waals surface area contributed by atoms with E-state index in [0.29, 0.717) is 11.4 Å². The van der Waals surface area contributed by atoms with Crippen LogP contribution in [0.4, 0.5) is 11.4 Å². The fourth-order valence-corrected chi connectivity index (χ4v) is 4.67. The highest BCUT2D eigenvalue weighted by Gasteiger charge is 2.21. The Bertz CT molecular complexity index is 1040. The maximum Gasteiger partial charge on any atom is 0.261 e. The van der Waals surface area contributed by atoms with Gasteiger partial charge in [-0.1, -0.05) is 25.3 Å². The molecule has 8 heteroatoms. The molecule has 0 atom stereocenters. The number of rotatable bonds is 7. The van der Waals surface area contributed by atoms with Gasteiger partial charge in [-0.3, -0.25) is 14.3 Å². The molecule has 1 aliphatic rings. The van der Waals surface area contributed by atoms with Crippen LogP contribution in [-0.2, 0) is 19.6 Å². The van der Waals surface area contributed by atoms with Crippen LogP contribution in [-0.4, -0.2) is 26.8 Å². The van der Waals surface area contributed by atoms with Gasteiger partial charge >= 0.3 is 0 Å². The summed E-state index contributed by atoms with van der Waals surface area (Å²) in [5.41, 5.74) is 3.03. The number of hydrogen-bond acceptors (Lipinski definition) is 4. The average molecular weight is 444 g/mol. The highest BCUT2D eigenvalue weighted by molar-refractivity contribution is 7.92. The van der Waals surface area contributed by atoms with Gasteiger partial charge in [-0.05, 0) is 74.2 Å². The molecule has 1 aliphatic carbocycles. The van der Waals surface area contributed by atoms with E-state index in [0.717, 1.165) is 43.2 Å². The minimum atomic E-state index is -3.74. The van der Waals surface area contributed by atoms with Crippen LogP contribution in [0.5, 0.6) is 0 Å². The monoisotopic (exact) mass is 443 g/mol. The molecule has 0 bridgehead atoms. The van der Waals surface area contributed by atoms with E-state index in [1.807, 2.05) is 19.9 Å². The lowest BCUT2D eigenvalue weighted by Gasteiger charge is -2.20. The molecule has 3 N–H and O–H groups in total. The second kappa shape index (κ2) is 9.96. The van der Waals surface area contributed by atoms with Crippen LogP contribution in [0, 0.1) is 19.8 Å². The number of amides is 2. The van der Waals surface area contributed by atoms with Gasteiger partial charge in [0.2, 0.25) is 11.8 Å². The van der Waals surface area contributed by atoms with Crippen LogP contribution in [0.25, 0.3) is 0 Å². The van der Waals surface area contributed by atoms with Gasteiger partial charge in [0.1, 0.15) is 0 Å². The number of nitrogens with one attached hydrogen (secondary N) is 3. The lowest BCUT2D eigenvalue weighted by molar-refractivity contribution is -0.128. The smallest absolute Gasteiger partial charge is 0.261 e. The molecule has 0 unspecified atom stereocenters. The van der Waals surface area contributed by atoms with E-state index in [4.69, 9.17) is 0 Å². The lowest BCUT2D eigenvalue weighted by Crippen LogP contribution is -2.37. The number of carbonyl (C=O) groups excluding carboxylic acids is 2. The molecular weight excluding hydrogens is 414 g/mol. The lowest BCUT2D eigenvalue weighted by atomic mass is 9.89. The fourth-order valence-electron chi connectivity index (χ4n) is 3.62. The van der Waals surface area contributed by atoms with Crippen molar-refractivity contribution >= 4 is 33.2 Å². The number of carbonyl (C=O) groups is 2. The maximum absolute atomic E-state index is 12.6. The predicted octanol–water partition coefficient (Wildman–Crippen LogP) is 3.74. The second-order valence-electron chi connectivity index (χ2n) is 8.03. The third-order valence-electron chi connectivity index (χ3n) is 5.61. The van der Waals surface area contributed by atoms with E-state index < -0.39 is 10.0 Å². The second-order valence-corrected chi connectivity index (χ2v) is 9.71. The van der Waals surface area contributed by atoms with E-state index in [2.05, 4.69) is 15.4 Å². The summed E-state index contributed by atoms with van der Waals surface area (Å²) in [6.07, 6.45) is 5.02. The standard InChI is InChI=1S/C23H29N3O4S/c1-16-8-9-20(14-17(16)2)26-31(29,30)21-12-10-19(11-13-21)25-22(27)15-24-23(28)18-6-4-3-5-7-18/h8-14,18,26H,3-7,15H2,1-2H3,(H,24,28)(H,25,27). The molecule has 1 fully saturated rings. The molecule has 0 saturated heterocycles. The van der Waals surface area contributed by atoms with Gasteiger partial charge in [-0.2, -0.15) is 0 Å². The molecule has 1 saturated carbocycles. The van der Waals surface area contributed by atoms with E-state index >= 15 is 0 Å². The van der Waals surface area contributed by atoms with Crippen LogP contribution >= 0.6 is 0 Å². The van der Waals surface area contributed by atoms with Gasteiger partial charge in [0.05, 0.1) is 11.4 Å². The zero-order valence-electron chi connectivity index (χ0n) is 17.9. The Balaban J connectivity index is 1.54. The largest absolute Gasteiger partial charge is 0.347 e. The summed E-state index contributed by atoms with van der Waals surface area (Å²) in [6, 6.07) is 11.3. The van der Waals surface area contributed by atoms with Crippen molar-refractivity contribution in [3.63, 3.8) is 0 Å². The number of sulfonamides is 1. The number of aryl methyl sites for hydroxylation is 2. The van der Waals surface area contributed by atoms with Crippen LogP contribution in [0.3, 0.4) is 0 Å². The van der Waals surface area contributed by atoms with Gasteiger partial charge in [-0.25, -0.2) is 8.42 Å². The van der Waals surface area contributed by atoms with Gasteiger partial charge in [0.25, 0.3) is 10.0 Å². The minimum absolute atomic E-state index is 0.00384. The summed E-state index contributed by atoms with van der Waals surface area (Å²) in [5, 5.41) is 5.36. The Hall–Kier alpha value is -2.87. The number of hydrogen-bond donors (Lipinski definition) is 3. The first-order chi connectivity index (χ1) is 14.7. The number of benzene rings is 2. The number of anilines is 2. The van der Waals surface area contributed by atoms with E-state index in [-0.39, 0.29) is 29.2 Å². The molecule has 166 valence electrons. The minimum Gasteiger partial charge on any atom is -0.347 e. The molecule has 31 heavy (non-hydrogen) atoms. The topological polar surface area (TPSA) is 104 Å². The Kier molecular flexibility index (Phi) is 7.33. The summed E-state index contributed by atoms with van der Waals surface area (Å²) in [4.78, 5) is 24.4. The summed E-state index contributed by atoms with van der Waals surface area (Å²) < 4.78 is 27.8. The van der Waals surface area contributed by atoms with Crippen molar-refractivity contribution in [2.45, 2.75) is 50.8 Å². The molecule has 0 aromatic heterocycles. The third-order valence-corrected chi connectivity index (χ3v) is 7.00. The molecule has 2 aromatic carbocycles. The van der Waals surface area contributed by atoms with Crippen LogP contribution in [0.15, 0.2) is 47.4 Å². The highest BCUT2D eigenvalue weighted by atomic mass is 32.2. The molecule has 0 aliphatic heterocycles. The molecule has 0 radical (unpaired) electrons. The first-order valence-electron chi connectivity index (χ1n) is 10.5. The van der Waals surface area contributed by atoms with Crippen LogP contribution < -0.4 is 15.4 Å². The average Bonchev–Trinajstić information content (AvgIpc) is 2.75. The Labute approximate surface area is 183 Å². The SMILES string of the molecule is Cc1ccc(NS(=O)(=O)c2ccc(NC(=O)CNC(=O)C3CCCCC3)cc2)cc1C. The van der Waals surface area contributed by atoms with Crippen molar-refractivity contribution in [1.82, 2.24) is 5.32 Å². The van der Waals surface area contributed by atoms with Crippen LogP contribution in [0.1, 0.15) is 43.2 Å². The van der Waals surface area contributed by atoms with Crippen molar-refractivity contribution < 1.29 is 18.0 Å². The van der Waals surface area contributed by atoms with Crippen molar-refractivity contribution in [3.05, 3.63) is 53.6 Å². The Morgan fingerprint density at radius 2 is 1.55 bits per heavy atom. The summed E-state index contributed by atoms with van der Waals surface area (Å²) in [5.74, 6) is -0.433. The van der Waals surface area contributed by atoms with Crippen molar-refractivity contribution in [2.75, 3.05) is 16.6 Å².